The molecule has 0 aliphatic heterocycles. The van der Waals surface area contributed by atoms with Gasteiger partial charge >= 0.3 is 0 Å². The van der Waals surface area contributed by atoms with Gasteiger partial charge in [-0.15, -0.1) is 11.3 Å². The van der Waals surface area contributed by atoms with E-state index >= 15 is 0 Å². The zero-order chi connectivity index (χ0) is 22.7. The van der Waals surface area contributed by atoms with Gasteiger partial charge < -0.3 is 0 Å². The van der Waals surface area contributed by atoms with E-state index in [1.54, 1.807) is 12.1 Å². The summed E-state index contributed by atoms with van der Waals surface area (Å²) in [4.78, 5) is 17.2. The molecular formula is C22H15FIN3O3S2. The zero-order valence-corrected chi connectivity index (χ0v) is 20.0. The smallest absolute Gasteiger partial charge is 0.261 e. The Hall–Kier alpha value is -2.83. The fourth-order valence-electron chi connectivity index (χ4n) is 2.84. The third kappa shape index (κ3) is 5.14. The maximum atomic E-state index is 13.1. The van der Waals surface area contributed by atoms with Gasteiger partial charge in [0.25, 0.3) is 15.9 Å². The Labute approximate surface area is 201 Å². The van der Waals surface area contributed by atoms with E-state index in [0.29, 0.717) is 5.13 Å². The van der Waals surface area contributed by atoms with E-state index < -0.39 is 21.7 Å². The molecular weight excluding hydrogens is 564 g/mol. The first-order valence-electron chi connectivity index (χ1n) is 9.22. The predicted molar refractivity (Wildman–Crippen MR) is 132 cm³/mol. The van der Waals surface area contributed by atoms with Gasteiger partial charge in [0.05, 0.1) is 21.8 Å². The summed E-state index contributed by atoms with van der Waals surface area (Å²) in [7, 11) is -4.00. The fourth-order valence-corrected chi connectivity index (χ4v) is 4.99. The second-order valence-corrected chi connectivity index (χ2v) is 10.4. The normalized spacial score (nSPS) is 11.2. The molecule has 4 rings (SSSR count). The molecule has 0 unspecified atom stereocenters. The Morgan fingerprint density at radius 1 is 0.969 bits per heavy atom. The molecule has 0 saturated heterocycles. The molecule has 32 heavy (non-hydrogen) atoms. The molecule has 0 radical (unpaired) electrons. The van der Waals surface area contributed by atoms with E-state index in [2.05, 4.69) is 37.6 Å². The van der Waals surface area contributed by atoms with Crippen molar-refractivity contribution in [3.05, 3.63) is 93.1 Å². The largest absolute Gasteiger partial charge is 0.298 e. The van der Waals surface area contributed by atoms with Crippen molar-refractivity contribution >= 4 is 60.7 Å². The third-order valence-corrected chi connectivity index (χ3v) is 7.26. The van der Waals surface area contributed by atoms with Gasteiger partial charge in [0.1, 0.15) is 5.82 Å². The maximum absolute atomic E-state index is 13.1. The molecule has 6 nitrogen and oxygen atoms in total. The average molecular weight is 579 g/mol. The molecule has 162 valence electrons. The number of carbonyl (C=O) groups excluding carboxylic acids is 1. The van der Waals surface area contributed by atoms with Crippen molar-refractivity contribution in [3.63, 3.8) is 0 Å². The van der Waals surface area contributed by atoms with Crippen LogP contribution >= 0.6 is 33.9 Å². The molecule has 4 aromatic rings. The summed E-state index contributed by atoms with van der Waals surface area (Å²) >= 11 is 3.49. The molecule has 0 fully saturated rings. The Balaban J connectivity index is 1.54. The van der Waals surface area contributed by atoms with E-state index in [1.165, 1.54) is 23.5 Å². The highest BCUT2D eigenvalue weighted by Gasteiger charge is 2.19. The minimum Gasteiger partial charge on any atom is -0.298 e. The Morgan fingerprint density at radius 3 is 2.38 bits per heavy atom. The third-order valence-electron chi connectivity index (χ3n) is 4.40. The maximum Gasteiger partial charge on any atom is 0.261 e. The number of sulfonamides is 1. The van der Waals surface area contributed by atoms with Gasteiger partial charge in [-0.3, -0.25) is 14.8 Å². The summed E-state index contributed by atoms with van der Waals surface area (Å²) < 4.78 is 41.9. The quantitative estimate of drug-likeness (QED) is 0.291. The van der Waals surface area contributed by atoms with Crippen LogP contribution in [0.2, 0.25) is 0 Å². The van der Waals surface area contributed by atoms with Crippen molar-refractivity contribution in [2.45, 2.75) is 4.90 Å². The van der Waals surface area contributed by atoms with E-state index in [4.69, 9.17) is 0 Å². The van der Waals surface area contributed by atoms with Crippen molar-refractivity contribution < 1.29 is 17.6 Å². The number of nitrogens with zero attached hydrogens (tertiary/aromatic N) is 1. The van der Waals surface area contributed by atoms with Gasteiger partial charge in [-0.25, -0.2) is 17.8 Å². The monoisotopic (exact) mass is 579 g/mol. The second-order valence-electron chi connectivity index (χ2n) is 6.60. The first-order valence-corrected chi connectivity index (χ1v) is 12.7. The lowest BCUT2D eigenvalue weighted by molar-refractivity contribution is 0.102. The SMILES string of the molecule is O=C(Nc1nc(-c2ccc(I)cc2)cs1)c1ccccc1NS(=O)(=O)c1ccc(F)cc1. The summed E-state index contributed by atoms with van der Waals surface area (Å²) in [6.45, 7) is 0. The van der Waals surface area contributed by atoms with Crippen molar-refractivity contribution in [1.82, 2.24) is 4.98 Å². The van der Waals surface area contributed by atoms with Gasteiger partial charge in [0, 0.05) is 14.5 Å². The molecule has 10 heteroatoms. The predicted octanol–water partition coefficient (Wildman–Crippen LogP) is 5.61. The van der Waals surface area contributed by atoms with Gasteiger partial charge in [0.2, 0.25) is 0 Å². The van der Waals surface area contributed by atoms with E-state index in [0.717, 1.165) is 39.1 Å². The second kappa shape index (κ2) is 9.35. The first kappa shape index (κ1) is 22.4. The zero-order valence-electron chi connectivity index (χ0n) is 16.2. The number of nitrogens with one attached hydrogen (secondary N) is 2. The van der Waals surface area contributed by atoms with E-state index in [1.807, 2.05) is 29.6 Å². The number of thiazole rings is 1. The van der Waals surface area contributed by atoms with Crippen LogP contribution < -0.4 is 10.0 Å². The summed E-state index contributed by atoms with van der Waals surface area (Å²) in [5, 5.41) is 4.94. The molecule has 1 aromatic heterocycles. The topological polar surface area (TPSA) is 88.2 Å². The van der Waals surface area contributed by atoms with Crippen molar-refractivity contribution in [2.75, 3.05) is 10.0 Å². The van der Waals surface area contributed by atoms with Crippen LogP contribution in [0.25, 0.3) is 11.3 Å². The lowest BCUT2D eigenvalue weighted by Gasteiger charge is -2.12. The number of carbonyl (C=O) groups is 1. The average Bonchev–Trinajstić information content (AvgIpc) is 3.23. The van der Waals surface area contributed by atoms with Crippen LogP contribution in [-0.2, 0) is 10.0 Å². The number of anilines is 2. The highest BCUT2D eigenvalue weighted by Crippen LogP contribution is 2.27. The molecule has 0 bridgehead atoms. The standard InChI is InChI=1S/C22H15FIN3O3S2/c23-15-7-11-17(12-8-15)32(29,30)27-19-4-2-1-3-18(19)21(28)26-22-25-20(13-31-22)14-5-9-16(24)10-6-14/h1-13,27H,(H,25,26,28). The summed E-state index contributed by atoms with van der Waals surface area (Å²) in [5.74, 6) is -1.05. The molecule has 2 N–H and O–H groups in total. The van der Waals surface area contributed by atoms with Crippen LogP contribution in [0.1, 0.15) is 10.4 Å². The Bertz CT molecular complexity index is 1370. The number of para-hydroxylation sites is 1. The van der Waals surface area contributed by atoms with Gasteiger partial charge in [-0.05, 0) is 71.1 Å². The fraction of sp³-hybridized carbons (Fsp3) is 0. The Morgan fingerprint density at radius 2 is 1.66 bits per heavy atom. The van der Waals surface area contributed by atoms with Crippen molar-refractivity contribution in [3.8, 4) is 11.3 Å². The van der Waals surface area contributed by atoms with E-state index in [-0.39, 0.29) is 16.1 Å². The van der Waals surface area contributed by atoms with Gasteiger partial charge in [-0.1, -0.05) is 24.3 Å². The Kier molecular flexibility index (Phi) is 6.53. The molecule has 3 aromatic carbocycles. The number of rotatable bonds is 6. The van der Waals surface area contributed by atoms with Gasteiger partial charge in [-0.2, -0.15) is 0 Å². The highest BCUT2D eigenvalue weighted by atomic mass is 127. The van der Waals surface area contributed by atoms with Crippen molar-refractivity contribution in [2.24, 2.45) is 0 Å². The molecule has 0 saturated carbocycles. The number of benzene rings is 3. The van der Waals surface area contributed by atoms with Gasteiger partial charge in [0.15, 0.2) is 5.13 Å². The van der Waals surface area contributed by atoms with E-state index in [9.17, 15) is 17.6 Å². The summed E-state index contributed by atoms with van der Waals surface area (Å²) in [6.07, 6.45) is 0. The van der Waals surface area contributed by atoms with Crippen LogP contribution in [0.4, 0.5) is 15.2 Å². The van der Waals surface area contributed by atoms with Crippen molar-refractivity contribution in [1.29, 1.82) is 0 Å². The molecule has 1 amide bonds. The van der Waals surface area contributed by atoms with Crippen LogP contribution in [0, 0.1) is 9.39 Å². The minimum atomic E-state index is -4.00. The van der Waals surface area contributed by atoms with Crippen LogP contribution in [-0.4, -0.2) is 19.3 Å². The summed E-state index contributed by atoms with van der Waals surface area (Å²) in [6, 6.07) is 18.5. The number of hydrogen-bond donors (Lipinski definition) is 2. The minimum absolute atomic E-state index is 0.101. The summed E-state index contributed by atoms with van der Waals surface area (Å²) in [5.41, 5.74) is 1.88. The number of aromatic nitrogens is 1. The first-order chi connectivity index (χ1) is 15.3. The molecule has 1 heterocycles. The molecule has 0 aliphatic rings. The highest BCUT2D eigenvalue weighted by molar-refractivity contribution is 14.1. The molecule has 0 spiro atoms. The molecule has 0 atom stereocenters. The number of amides is 1. The van der Waals surface area contributed by atoms with Crippen LogP contribution in [0.15, 0.2) is 83.1 Å². The molecule has 0 aliphatic carbocycles. The number of halogens is 2. The van der Waals surface area contributed by atoms with Crippen LogP contribution in [0.3, 0.4) is 0 Å². The lowest BCUT2D eigenvalue weighted by Crippen LogP contribution is -2.18. The number of hydrogen-bond acceptors (Lipinski definition) is 5. The van der Waals surface area contributed by atoms with Crippen LogP contribution in [0.5, 0.6) is 0 Å². The lowest BCUT2D eigenvalue weighted by atomic mass is 10.2.